The first-order valence-corrected chi connectivity index (χ1v) is 10.3. The highest BCUT2D eigenvalue weighted by Gasteiger charge is 2.33. The van der Waals surface area contributed by atoms with Gasteiger partial charge in [0.25, 0.3) is 0 Å². The van der Waals surface area contributed by atoms with Crippen LogP contribution in [-0.4, -0.2) is 40.2 Å². The zero-order valence-corrected chi connectivity index (χ0v) is 18.0. The Balaban J connectivity index is 0.000000289. The molecule has 1 atom stereocenters. The Morgan fingerprint density at radius 3 is 2.19 bits per heavy atom. The molecule has 0 aliphatic heterocycles. The molecule has 4 nitrogen and oxygen atoms in total. The van der Waals surface area contributed by atoms with Gasteiger partial charge < -0.3 is 20.1 Å². The van der Waals surface area contributed by atoms with Gasteiger partial charge in [0.15, 0.2) is 0 Å². The first kappa shape index (κ1) is 23.9. The predicted molar refractivity (Wildman–Crippen MR) is 111 cm³/mol. The third kappa shape index (κ3) is 8.20. The fourth-order valence-electron chi connectivity index (χ4n) is 3.55. The second-order valence-corrected chi connectivity index (χ2v) is 8.90. The van der Waals surface area contributed by atoms with Gasteiger partial charge in [-0.15, -0.1) is 0 Å². The van der Waals surface area contributed by atoms with E-state index in [0.717, 1.165) is 35.8 Å². The van der Waals surface area contributed by atoms with Gasteiger partial charge in [-0.25, -0.2) is 0 Å². The summed E-state index contributed by atoms with van der Waals surface area (Å²) in [7, 11) is 0. The summed E-state index contributed by atoms with van der Waals surface area (Å²) in [5.74, 6) is 2.39. The molecule has 0 bridgehead atoms. The summed E-state index contributed by atoms with van der Waals surface area (Å²) in [6.45, 7) is 12.8. The topological polar surface area (TPSA) is 69.9 Å². The molecule has 1 aliphatic carbocycles. The average Bonchev–Trinajstić information content (AvgIpc) is 2.60. The van der Waals surface area contributed by atoms with Gasteiger partial charge in [-0.3, -0.25) is 0 Å². The molecule has 1 aromatic rings. The van der Waals surface area contributed by atoms with Crippen LogP contribution < -0.4 is 0 Å². The molecule has 0 amide bonds. The summed E-state index contributed by atoms with van der Waals surface area (Å²) < 4.78 is 5.74. The lowest BCUT2D eigenvalue weighted by molar-refractivity contribution is -0.103. The number of hydrogen-bond donors (Lipinski definition) is 3. The first-order valence-electron chi connectivity index (χ1n) is 10.3. The highest BCUT2D eigenvalue weighted by molar-refractivity contribution is 5.37. The zero-order chi connectivity index (χ0) is 20.6. The number of aliphatic hydroxyl groups is 2. The van der Waals surface area contributed by atoms with Gasteiger partial charge in [0, 0.05) is 0 Å². The molecular weight excluding hydrogens is 340 g/mol. The molecule has 0 heterocycles. The highest BCUT2D eigenvalue weighted by atomic mass is 16.5. The van der Waals surface area contributed by atoms with Gasteiger partial charge in [-0.2, -0.15) is 0 Å². The Labute approximate surface area is 165 Å². The maximum Gasteiger partial charge on any atom is 0.119 e. The minimum atomic E-state index is -0.736. The van der Waals surface area contributed by atoms with Crippen LogP contribution in [0.1, 0.15) is 77.3 Å². The third-order valence-electron chi connectivity index (χ3n) is 5.67. The van der Waals surface area contributed by atoms with Crippen LogP contribution in [0.2, 0.25) is 0 Å². The molecule has 2 rings (SSSR count). The molecular formula is C23H40O4. The Kier molecular flexibility index (Phi) is 9.78. The van der Waals surface area contributed by atoms with Gasteiger partial charge in [0.05, 0.1) is 18.8 Å². The van der Waals surface area contributed by atoms with E-state index in [1.54, 1.807) is 6.07 Å². The van der Waals surface area contributed by atoms with Gasteiger partial charge in [0.2, 0.25) is 0 Å². The van der Waals surface area contributed by atoms with Crippen molar-refractivity contribution >= 4 is 0 Å². The van der Waals surface area contributed by atoms with E-state index in [2.05, 4.69) is 34.6 Å². The smallest absolute Gasteiger partial charge is 0.119 e. The minimum Gasteiger partial charge on any atom is -0.508 e. The molecule has 156 valence electrons. The molecule has 1 saturated carbocycles. The van der Waals surface area contributed by atoms with Crippen molar-refractivity contribution < 1.29 is 20.1 Å². The standard InChI is InChI=1S/C13H26O3.C10H14O/c1-10(2)11-4-6-13(3,7-5-11)16-9-12(15)8-14;1-7(2)9-5-4-8(3)6-10(9)11/h10-12,14-15H,4-9H2,1-3H3;4-7,11H,1-3H3. The van der Waals surface area contributed by atoms with Crippen LogP contribution in [0.4, 0.5) is 0 Å². The molecule has 1 unspecified atom stereocenters. The lowest BCUT2D eigenvalue weighted by Gasteiger charge is -2.39. The molecule has 27 heavy (non-hydrogen) atoms. The summed E-state index contributed by atoms with van der Waals surface area (Å²) in [5, 5.41) is 27.5. The predicted octanol–water partition coefficient (Wildman–Crippen LogP) is 4.79. The van der Waals surface area contributed by atoms with Crippen molar-refractivity contribution in [1.29, 1.82) is 0 Å². The molecule has 1 aliphatic rings. The van der Waals surface area contributed by atoms with E-state index in [1.807, 2.05) is 19.1 Å². The van der Waals surface area contributed by atoms with E-state index in [-0.39, 0.29) is 18.8 Å². The summed E-state index contributed by atoms with van der Waals surface area (Å²) in [6, 6.07) is 5.81. The van der Waals surface area contributed by atoms with Crippen LogP contribution in [0.5, 0.6) is 5.75 Å². The summed E-state index contributed by atoms with van der Waals surface area (Å²) in [4.78, 5) is 0. The average molecular weight is 381 g/mol. The van der Waals surface area contributed by atoms with E-state index in [1.165, 1.54) is 12.8 Å². The Morgan fingerprint density at radius 2 is 1.74 bits per heavy atom. The SMILES string of the molecule is CC(C)C1CCC(C)(OCC(O)CO)CC1.Cc1ccc(C(C)C)c(O)c1. The molecule has 0 radical (unpaired) electrons. The van der Waals surface area contributed by atoms with Gasteiger partial charge >= 0.3 is 0 Å². The number of ether oxygens (including phenoxy) is 1. The zero-order valence-electron chi connectivity index (χ0n) is 18.0. The van der Waals surface area contributed by atoms with E-state index in [9.17, 15) is 10.2 Å². The van der Waals surface area contributed by atoms with Crippen LogP contribution in [0.3, 0.4) is 0 Å². The maximum absolute atomic E-state index is 9.46. The normalized spacial score (nSPS) is 23.9. The fraction of sp³-hybridized carbons (Fsp3) is 0.739. The molecule has 0 aromatic heterocycles. The number of phenolic OH excluding ortho intramolecular Hbond substituents is 1. The fourth-order valence-corrected chi connectivity index (χ4v) is 3.55. The van der Waals surface area contributed by atoms with Crippen molar-refractivity contribution in [2.75, 3.05) is 13.2 Å². The number of hydrogen-bond acceptors (Lipinski definition) is 4. The number of aryl methyl sites for hydroxylation is 1. The van der Waals surface area contributed by atoms with Crippen LogP contribution in [0.25, 0.3) is 0 Å². The first-order chi connectivity index (χ1) is 12.6. The lowest BCUT2D eigenvalue weighted by Crippen LogP contribution is -2.38. The highest BCUT2D eigenvalue weighted by Crippen LogP contribution is 2.37. The molecule has 0 spiro atoms. The molecule has 3 N–H and O–H groups in total. The Hall–Kier alpha value is -1.10. The Morgan fingerprint density at radius 1 is 1.15 bits per heavy atom. The second-order valence-electron chi connectivity index (χ2n) is 8.90. The molecule has 1 aromatic carbocycles. The number of benzene rings is 1. The summed E-state index contributed by atoms with van der Waals surface area (Å²) >= 11 is 0. The molecule has 4 heteroatoms. The van der Waals surface area contributed by atoms with E-state index in [4.69, 9.17) is 9.84 Å². The van der Waals surface area contributed by atoms with Crippen molar-refractivity contribution in [3.63, 3.8) is 0 Å². The van der Waals surface area contributed by atoms with E-state index in [0.29, 0.717) is 11.7 Å². The Bertz CT molecular complexity index is 545. The largest absolute Gasteiger partial charge is 0.508 e. The monoisotopic (exact) mass is 380 g/mol. The van der Waals surface area contributed by atoms with Crippen molar-refractivity contribution in [1.82, 2.24) is 0 Å². The van der Waals surface area contributed by atoms with Gasteiger partial charge in [0.1, 0.15) is 11.9 Å². The second kappa shape index (κ2) is 11.0. The van der Waals surface area contributed by atoms with Crippen LogP contribution in [0, 0.1) is 18.8 Å². The van der Waals surface area contributed by atoms with Crippen molar-refractivity contribution in [3.8, 4) is 5.75 Å². The lowest BCUT2D eigenvalue weighted by atomic mass is 9.75. The summed E-state index contributed by atoms with van der Waals surface area (Å²) in [6.07, 6.45) is 3.81. The van der Waals surface area contributed by atoms with Gasteiger partial charge in [-0.1, -0.05) is 39.8 Å². The van der Waals surface area contributed by atoms with Crippen LogP contribution in [0.15, 0.2) is 18.2 Å². The minimum absolute atomic E-state index is 0.0957. The van der Waals surface area contributed by atoms with Crippen molar-refractivity contribution in [3.05, 3.63) is 29.3 Å². The van der Waals surface area contributed by atoms with Crippen LogP contribution >= 0.6 is 0 Å². The third-order valence-corrected chi connectivity index (χ3v) is 5.67. The van der Waals surface area contributed by atoms with E-state index < -0.39 is 6.10 Å². The van der Waals surface area contributed by atoms with Crippen LogP contribution in [-0.2, 0) is 4.74 Å². The number of rotatable bonds is 6. The van der Waals surface area contributed by atoms with Crippen molar-refractivity contribution in [2.24, 2.45) is 11.8 Å². The quantitative estimate of drug-likeness (QED) is 0.664. The number of aromatic hydroxyl groups is 1. The van der Waals surface area contributed by atoms with Gasteiger partial charge in [-0.05, 0) is 74.5 Å². The van der Waals surface area contributed by atoms with Crippen molar-refractivity contribution in [2.45, 2.75) is 84.8 Å². The number of phenols is 1. The van der Waals surface area contributed by atoms with E-state index >= 15 is 0 Å². The maximum atomic E-state index is 9.46. The molecule has 0 saturated heterocycles. The number of aliphatic hydroxyl groups excluding tert-OH is 2. The summed E-state index contributed by atoms with van der Waals surface area (Å²) in [5.41, 5.74) is 2.03. The molecule has 1 fully saturated rings.